The Bertz CT molecular complexity index is 638. The fourth-order valence-corrected chi connectivity index (χ4v) is 3.39. The molecule has 0 aliphatic carbocycles. The number of ether oxygens (including phenoxy) is 2. The summed E-state index contributed by atoms with van der Waals surface area (Å²) in [4.78, 5) is 28.7. The molecule has 0 spiro atoms. The van der Waals surface area contributed by atoms with E-state index in [0.717, 1.165) is 0 Å². The predicted molar refractivity (Wildman–Crippen MR) is 89.0 cm³/mol. The van der Waals surface area contributed by atoms with Crippen molar-refractivity contribution in [2.45, 2.75) is 12.8 Å². The Kier molecular flexibility index (Phi) is 5.53. The van der Waals surface area contributed by atoms with Crippen LogP contribution in [0.15, 0.2) is 18.2 Å². The molecule has 3 rings (SSSR count). The van der Waals surface area contributed by atoms with Crippen LogP contribution in [0.25, 0.3) is 0 Å². The first-order valence-electron chi connectivity index (χ1n) is 8.59. The van der Waals surface area contributed by atoms with Crippen LogP contribution in [-0.2, 0) is 9.53 Å². The third-order valence-electron chi connectivity index (χ3n) is 4.85. The molecule has 1 aromatic carbocycles. The van der Waals surface area contributed by atoms with Crippen molar-refractivity contribution >= 4 is 11.8 Å². The molecule has 0 bridgehead atoms. The van der Waals surface area contributed by atoms with E-state index in [1.165, 1.54) is 25.3 Å². The minimum absolute atomic E-state index is 0.0587. The number of piperidine rings is 1. The molecule has 7 heteroatoms. The monoisotopic (exact) mass is 350 g/mol. The Morgan fingerprint density at radius 3 is 2.44 bits per heavy atom. The lowest BCUT2D eigenvalue weighted by Crippen LogP contribution is -2.47. The molecule has 0 aromatic heterocycles. The number of morpholine rings is 1. The zero-order valence-electron chi connectivity index (χ0n) is 14.4. The van der Waals surface area contributed by atoms with Crippen molar-refractivity contribution in [3.63, 3.8) is 0 Å². The summed E-state index contributed by atoms with van der Waals surface area (Å²) in [5.74, 6) is -0.275. The van der Waals surface area contributed by atoms with Gasteiger partial charge >= 0.3 is 0 Å². The smallest absolute Gasteiger partial charge is 0.257 e. The largest absolute Gasteiger partial charge is 0.496 e. The predicted octanol–water partition coefficient (Wildman–Crippen LogP) is 1.55. The number of likely N-dealkylation sites (tertiary alicyclic amines) is 1. The van der Waals surface area contributed by atoms with Crippen molar-refractivity contribution < 1.29 is 23.5 Å². The van der Waals surface area contributed by atoms with Gasteiger partial charge in [-0.3, -0.25) is 9.59 Å². The van der Waals surface area contributed by atoms with E-state index < -0.39 is 5.82 Å². The van der Waals surface area contributed by atoms with Crippen molar-refractivity contribution in [2.24, 2.45) is 5.92 Å². The summed E-state index contributed by atoms with van der Waals surface area (Å²) in [6.45, 7) is 3.42. The lowest BCUT2D eigenvalue weighted by Gasteiger charge is -2.35. The number of carbonyl (C=O) groups is 2. The summed E-state index contributed by atoms with van der Waals surface area (Å²) < 4.78 is 23.9. The number of amides is 2. The van der Waals surface area contributed by atoms with E-state index in [1.807, 2.05) is 4.90 Å². The van der Waals surface area contributed by atoms with E-state index in [9.17, 15) is 14.0 Å². The van der Waals surface area contributed by atoms with Gasteiger partial charge in [-0.2, -0.15) is 0 Å². The van der Waals surface area contributed by atoms with Gasteiger partial charge in [0.2, 0.25) is 5.91 Å². The Balaban J connectivity index is 1.61. The standard InChI is InChI=1S/C18H23FN2O4/c1-24-16-3-2-14(19)12-15(16)18(23)20-6-4-13(5-7-20)17(22)21-8-10-25-11-9-21/h2-3,12-13H,4-11H2,1H3. The SMILES string of the molecule is COc1ccc(F)cc1C(=O)N1CCC(C(=O)N2CCOCC2)CC1. The molecule has 2 amide bonds. The van der Waals surface area contributed by atoms with Crippen LogP contribution in [0.5, 0.6) is 5.75 Å². The minimum atomic E-state index is -0.471. The third-order valence-corrected chi connectivity index (χ3v) is 4.85. The number of hydrogen-bond acceptors (Lipinski definition) is 4. The number of benzene rings is 1. The van der Waals surface area contributed by atoms with E-state index in [1.54, 1.807) is 4.90 Å². The molecule has 0 radical (unpaired) electrons. The molecule has 2 heterocycles. The van der Waals surface area contributed by atoms with Crippen LogP contribution in [0, 0.1) is 11.7 Å². The molecule has 0 atom stereocenters. The second-order valence-corrected chi connectivity index (χ2v) is 6.35. The second-order valence-electron chi connectivity index (χ2n) is 6.35. The van der Waals surface area contributed by atoms with Gasteiger partial charge in [-0.1, -0.05) is 0 Å². The number of methoxy groups -OCH3 is 1. The molecule has 2 fully saturated rings. The van der Waals surface area contributed by atoms with Crippen LogP contribution >= 0.6 is 0 Å². The average Bonchev–Trinajstić information content (AvgIpc) is 2.67. The normalized spacial score (nSPS) is 19.0. The summed E-state index contributed by atoms with van der Waals surface area (Å²) in [5, 5.41) is 0. The van der Waals surface area contributed by atoms with Crippen molar-refractivity contribution in [3.05, 3.63) is 29.6 Å². The minimum Gasteiger partial charge on any atom is -0.496 e. The van der Waals surface area contributed by atoms with Crippen LogP contribution in [-0.4, -0.2) is 68.1 Å². The Morgan fingerprint density at radius 1 is 1.12 bits per heavy atom. The molecule has 2 aliphatic heterocycles. The van der Waals surface area contributed by atoms with Gasteiger partial charge in [-0.25, -0.2) is 4.39 Å². The van der Waals surface area contributed by atoms with Crippen molar-refractivity contribution in [1.29, 1.82) is 0 Å². The maximum absolute atomic E-state index is 13.5. The lowest BCUT2D eigenvalue weighted by molar-refractivity contribution is -0.141. The van der Waals surface area contributed by atoms with Crippen LogP contribution in [0.2, 0.25) is 0 Å². The van der Waals surface area contributed by atoms with Crippen LogP contribution in [0.3, 0.4) is 0 Å². The van der Waals surface area contributed by atoms with E-state index in [-0.39, 0.29) is 23.3 Å². The van der Waals surface area contributed by atoms with Gasteiger partial charge < -0.3 is 19.3 Å². The number of hydrogen-bond donors (Lipinski definition) is 0. The Hall–Kier alpha value is -2.15. The van der Waals surface area contributed by atoms with Crippen molar-refractivity contribution in [1.82, 2.24) is 9.80 Å². The van der Waals surface area contributed by atoms with Gasteiger partial charge in [-0.15, -0.1) is 0 Å². The molecular formula is C18H23FN2O4. The average molecular weight is 350 g/mol. The molecular weight excluding hydrogens is 327 g/mol. The fourth-order valence-electron chi connectivity index (χ4n) is 3.39. The highest BCUT2D eigenvalue weighted by Gasteiger charge is 2.31. The maximum atomic E-state index is 13.5. The molecule has 2 saturated heterocycles. The number of rotatable bonds is 3. The zero-order chi connectivity index (χ0) is 17.8. The van der Waals surface area contributed by atoms with E-state index in [2.05, 4.69) is 0 Å². The molecule has 0 unspecified atom stereocenters. The van der Waals surface area contributed by atoms with Gasteiger partial charge in [-0.05, 0) is 31.0 Å². The zero-order valence-corrected chi connectivity index (χ0v) is 14.4. The molecule has 2 aliphatic rings. The van der Waals surface area contributed by atoms with Gasteiger partial charge in [0, 0.05) is 32.1 Å². The van der Waals surface area contributed by atoms with E-state index >= 15 is 0 Å². The molecule has 136 valence electrons. The summed E-state index contributed by atoms with van der Waals surface area (Å²) in [7, 11) is 1.46. The van der Waals surface area contributed by atoms with Crippen LogP contribution in [0.1, 0.15) is 23.2 Å². The third kappa shape index (κ3) is 3.92. The Morgan fingerprint density at radius 2 is 1.80 bits per heavy atom. The highest BCUT2D eigenvalue weighted by atomic mass is 19.1. The number of carbonyl (C=O) groups excluding carboxylic acids is 2. The van der Waals surface area contributed by atoms with Gasteiger partial charge in [0.15, 0.2) is 0 Å². The second kappa shape index (κ2) is 7.82. The van der Waals surface area contributed by atoms with Crippen molar-refractivity contribution in [3.8, 4) is 5.75 Å². The summed E-state index contributed by atoms with van der Waals surface area (Å²) in [6, 6.07) is 3.92. The maximum Gasteiger partial charge on any atom is 0.257 e. The Labute approximate surface area is 146 Å². The summed E-state index contributed by atoms with van der Waals surface area (Å²) in [5.41, 5.74) is 0.223. The number of nitrogens with zero attached hydrogens (tertiary/aromatic N) is 2. The molecule has 1 aromatic rings. The molecule has 0 saturated carbocycles. The van der Waals surface area contributed by atoms with Gasteiger partial charge in [0.25, 0.3) is 5.91 Å². The lowest BCUT2D eigenvalue weighted by atomic mass is 9.94. The van der Waals surface area contributed by atoms with Gasteiger partial charge in [0.05, 0.1) is 25.9 Å². The molecule has 6 nitrogen and oxygen atoms in total. The summed E-state index contributed by atoms with van der Waals surface area (Å²) in [6.07, 6.45) is 1.25. The van der Waals surface area contributed by atoms with Crippen molar-refractivity contribution in [2.75, 3.05) is 46.5 Å². The highest BCUT2D eigenvalue weighted by molar-refractivity contribution is 5.97. The van der Waals surface area contributed by atoms with Crippen LogP contribution < -0.4 is 4.74 Å². The highest BCUT2D eigenvalue weighted by Crippen LogP contribution is 2.25. The fraction of sp³-hybridized carbons (Fsp3) is 0.556. The molecule has 0 N–H and O–H groups in total. The summed E-state index contributed by atoms with van der Waals surface area (Å²) >= 11 is 0. The number of halogens is 1. The first kappa shape index (κ1) is 17.7. The van der Waals surface area contributed by atoms with E-state index in [0.29, 0.717) is 58.0 Å². The topological polar surface area (TPSA) is 59.1 Å². The van der Waals surface area contributed by atoms with Crippen LogP contribution in [0.4, 0.5) is 4.39 Å². The van der Waals surface area contributed by atoms with Gasteiger partial charge in [0.1, 0.15) is 11.6 Å². The first-order valence-corrected chi connectivity index (χ1v) is 8.59. The first-order chi connectivity index (χ1) is 12.1. The quantitative estimate of drug-likeness (QED) is 0.830. The molecule has 25 heavy (non-hydrogen) atoms. The van der Waals surface area contributed by atoms with E-state index in [4.69, 9.17) is 9.47 Å².